The Labute approximate surface area is 168 Å². The van der Waals surface area contributed by atoms with Gasteiger partial charge in [-0.1, -0.05) is 0 Å². The van der Waals surface area contributed by atoms with Crippen LogP contribution in [0.2, 0.25) is 0 Å². The number of carbonyl (C=O) groups excluding carboxylic acids is 1. The number of H-pyrrole nitrogens is 1. The van der Waals surface area contributed by atoms with E-state index in [9.17, 15) is 14.9 Å². The molecule has 0 bridgehead atoms. The van der Waals surface area contributed by atoms with Crippen molar-refractivity contribution in [2.24, 2.45) is 0 Å². The van der Waals surface area contributed by atoms with Gasteiger partial charge in [-0.05, 0) is 36.4 Å². The van der Waals surface area contributed by atoms with E-state index in [-0.39, 0.29) is 11.4 Å². The lowest BCUT2D eigenvalue weighted by atomic mass is 10.2. The van der Waals surface area contributed by atoms with Gasteiger partial charge in [-0.2, -0.15) is 0 Å². The van der Waals surface area contributed by atoms with Crippen LogP contribution in [0.1, 0.15) is 10.5 Å². The van der Waals surface area contributed by atoms with Gasteiger partial charge in [-0.15, -0.1) is 11.3 Å². The molecule has 4 aromatic rings. The number of nitro groups is 1. The maximum absolute atomic E-state index is 12.4. The molecule has 3 N–H and O–H groups in total. The van der Waals surface area contributed by atoms with Gasteiger partial charge in [0.1, 0.15) is 11.4 Å². The van der Waals surface area contributed by atoms with Crippen molar-refractivity contribution in [3.63, 3.8) is 0 Å². The summed E-state index contributed by atoms with van der Waals surface area (Å²) in [7, 11) is 1.61. The van der Waals surface area contributed by atoms with Gasteiger partial charge in [-0.25, -0.2) is 4.98 Å². The Balaban J connectivity index is 1.43. The van der Waals surface area contributed by atoms with Crippen LogP contribution in [-0.2, 0) is 0 Å². The van der Waals surface area contributed by atoms with Crippen molar-refractivity contribution >= 4 is 39.0 Å². The third-order valence-corrected chi connectivity index (χ3v) is 4.99. The van der Waals surface area contributed by atoms with Gasteiger partial charge in [-0.3, -0.25) is 25.8 Å². The molecular weight excluding hydrogens is 394 g/mol. The van der Waals surface area contributed by atoms with Gasteiger partial charge in [0.05, 0.1) is 23.2 Å². The summed E-state index contributed by atoms with van der Waals surface area (Å²) in [5, 5.41) is 14.0. The Morgan fingerprint density at radius 1 is 1.21 bits per heavy atom. The Kier molecular flexibility index (Phi) is 4.83. The van der Waals surface area contributed by atoms with Crippen molar-refractivity contribution in [2.75, 3.05) is 12.5 Å². The highest BCUT2D eigenvalue weighted by Gasteiger charge is 2.13. The molecule has 2 aromatic carbocycles. The fraction of sp³-hybridized carbons (Fsp3) is 0.0526. The largest absolute Gasteiger partial charge is 0.497 e. The zero-order chi connectivity index (χ0) is 20.4. The van der Waals surface area contributed by atoms with Gasteiger partial charge in [0.25, 0.3) is 11.6 Å². The molecule has 4 rings (SSSR count). The standard InChI is InChI=1S/C19H15N5O4S/c1-28-14-6-3-11(4-7-14)17-10-29-19(21-17)23-22-18(25)16-8-12-2-5-13(24(26)27)9-15(12)20-16/h2-10,20H,1H3,(H,21,23)(H,22,25). The SMILES string of the molecule is COc1ccc(-c2csc(NNC(=O)c3cc4ccc([N+](=O)[O-])cc4[nH]3)n2)cc1. The van der Waals surface area contributed by atoms with Gasteiger partial charge < -0.3 is 9.72 Å². The Bertz CT molecular complexity index is 1200. The number of anilines is 1. The van der Waals surface area contributed by atoms with Gasteiger partial charge in [0.2, 0.25) is 5.13 Å². The molecular formula is C19H15N5O4S. The monoisotopic (exact) mass is 409 g/mol. The molecule has 0 saturated heterocycles. The zero-order valence-corrected chi connectivity index (χ0v) is 15.9. The van der Waals surface area contributed by atoms with E-state index in [4.69, 9.17) is 4.74 Å². The number of aromatic nitrogens is 2. The number of non-ortho nitro benzene ring substituents is 1. The number of hydrogen-bond donors (Lipinski definition) is 3. The summed E-state index contributed by atoms with van der Waals surface area (Å²) < 4.78 is 5.14. The molecule has 0 fully saturated rings. The molecule has 0 aliphatic carbocycles. The summed E-state index contributed by atoms with van der Waals surface area (Å²) in [6, 6.07) is 13.5. The molecule has 0 unspecified atom stereocenters. The molecule has 2 aromatic heterocycles. The molecule has 2 heterocycles. The predicted octanol–water partition coefficient (Wildman–Crippen LogP) is 3.97. The number of ether oxygens (including phenoxy) is 1. The van der Waals surface area contributed by atoms with Crippen LogP contribution in [0.4, 0.5) is 10.8 Å². The fourth-order valence-electron chi connectivity index (χ4n) is 2.75. The molecule has 146 valence electrons. The number of nitro benzene ring substituents is 1. The summed E-state index contributed by atoms with van der Waals surface area (Å²) in [6.07, 6.45) is 0. The number of nitrogens with zero attached hydrogens (tertiary/aromatic N) is 2. The van der Waals surface area contributed by atoms with Crippen LogP contribution in [0.25, 0.3) is 22.2 Å². The normalized spacial score (nSPS) is 10.7. The second-order valence-corrected chi connectivity index (χ2v) is 6.92. The number of aromatic amines is 1. The molecule has 29 heavy (non-hydrogen) atoms. The molecule has 10 heteroatoms. The number of carbonyl (C=O) groups is 1. The first-order chi connectivity index (χ1) is 14.0. The summed E-state index contributed by atoms with van der Waals surface area (Å²) >= 11 is 1.35. The molecule has 0 radical (unpaired) electrons. The van der Waals surface area contributed by atoms with Crippen molar-refractivity contribution in [1.29, 1.82) is 0 Å². The lowest BCUT2D eigenvalue weighted by Gasteiger charge is -2.04. The Morgan fingerprint density at radius 2 is 2.00 bits per heavy atom. The Hall–Kier alpha value is -3.92. The third-order valence-electron chi connectivity index (χ3n) is 4.23. The smallest absolute Gasteiger partial charge is 0.286 e. The minimum atomic E-state index is -0.482. The maximum atomic E-state index is 12.4. The molecule has 0 aliphatic heterocycles. The lowest BCUT2D eigenvalue weighted by molar-refractivity contribution is -0.384. The Morgan fingerprint density at radius 3 is 2.72 bits per heavy atom. The first-order valence-electron chi connectivity index (χ1n) is 8.47. The van der Waals surface area contributed by atoms with Crippen LogP contribution in [0.3, 0.4) is 0 Å². The van der Waals surface area contributed by atoms with Crippen molar-refractivity contribution in [3.05, 3.63) is 69.7 Å². The van der Waals surface area contributed by atoms with E-state index in [2.05, 4.69) is 20.8 Å². The third kappa shape index (κ3) is 3.87. The first kappa shape index (κ1) is 18.4. The fourth-order valence-corrected chi connectivity index (χ4v) is 3.43. The number of amides is 1. The van der Waals surface area contributed by atoms with E-state index in [0.29, 0.717) is 16.0 Å². The topological polar surface area (TPSA) is 122 Å². The average Bonchev–Trinajstić information content (AvgIpc) is 3.38. The number of rotatable bonds is 6. The predicted molar refractivity (Wildman–Crippen MR) is 110 cm³/mol. The maximum Gasteiger partial charge on any atom is 0.286 e. The number of thiazole rings is 1. The molecule has 9 nitrogen and oxygen atoms in total. The van der Waals surface area contributed by atoms with Gasteiger partial charge >= 0.3 is 0 Å². The minimum absolute atomic E-state index is 0.0433. The van der Waals surface area contributed by atoms with Gasteiger partial charge in [0.15, 0.2) is 0 Å². The molecule has 1 amide bonds. The number of fused-ring (bicyclic) bond motifs is 1. The van der Waals surface area contributed by atoms with Crippen LogP contribution < -0.4 is 15.6 Å². The van der Waals surface area contributed by atoms with E-state index in [1.165, 1.54) is 23.5 Å². The quantitative estimate of drug-likeness (QED) is 0.327. The van der Waals surface area contributed by atoms with E-state index < -0.39 is 10.8 Å². The van der Waals surface area contributed by atoms with Crippen LogP contribution in [0.15, 0.2) is 53.9 Å². The van der Waals surface area contributed by atoms with E-state index in [0.717, 1.165) is 17.0 Å². The summed E-state index contributed by atoms with van der Waals surface area (Å²) in [5.41, 5.74) is 7.80. The lowest BCUT2D eigenvalue weighted by Crippen LogP contribution is -2.29. The first-order valence-corrected chi connectivity index (χ1v) is 9.35. The summed E-state index contributed by atoms with van der Waals surface area (Å²) in [4.78, 5) is 30.1. The highest BCUT2D eigenvalue weighted by Crippen LogP contribution is 2.26. The van der Waals surface area contributed by atoms with Gasteiger partial charge in [0, 0.05) is 28.5 Å². The van der Waals surface area contributed by atoms with Crippen LogP contribution in [0.5, 0.6) is 5.75 Å². The summed E-state index contributed by atoms with van der Waals surface area (Å²) in [6.45, 7) is 0. The number of nitrogens with one attached hydrogen (secondary N) is 3. The van der Waals surface area contributed by atoms with E-state index >= 15 is 0 Å². The second kappa shape index (κ2) is 7.60. The van der Waals surface area contributed by atoms with Crippen molar-refractivity contribution in [3.8, 4) is 17.0 Å². The molecule has 0 aliphatic rings. The number of methoxy groups -OCH3 is 1. The van der Waals surface area contributed by atoms with E-state index in [1.54, 1.807) is 19.2 Å². The van der Waals surface area contributed by atoms with Crippen LogP contribution >= 0.6 is 11.3 Å². The average molecular weight is 409 g/mol. The van der Waals surface area contributed by atoms with E-state index in [1.807, 2.05) is 29.6 Å². The molecule has 0 saturated carbocycles. The number of benzene rings is 2. The minimum Gasteiger partial charge on any atom is -0.497 e. The van der Waals surface area contributed by atoms with Crippen molar-refractivity contribution in [1.82, 2.24) is 15.4 Å². The number of hydrogen-bond acceptors (Lipinski definition) is 7. The van der Waals surface area contributed by atoms with Crippen molar-refractivity contribution < 1.29 is 14.5 Å². The van der Waals surface area contributed by atoms with Crippen LogP contribution in [0, 0.1) is 10.1 Å². The van der Waals surface area contributed by atoms with Crippen LogP contribution in [-0.4, -0.2) is 27.9 Å². The summed E-state index contributed by atoms with van der Waals surface area (Å²) in [5.74, 6) is 0.350. The molecule has 0 spiro atoms. The van der Waals surface area contributed by atoms with Crippen molar-refractivity contribution in [2.45, 2.75) is 0 Å². The zero-order valence-electron chi connectivity index (χ0n) is 15.1. The highest BCUT2D eigenvalue weighted by molar-refractivity contribution is 7.14. The number of hydrazine groups is 1. The molecule has 0 atom stereocenters. The highest BCUT2D eigenvalue weighted by atomic mass is 32.1. The second-order valence-electron chi connectivity index (χ2n) is 6.06.